The van der Waals surface area contributed by atoms with Crippen LogP contribution in [0.5, 0.6) is 0 Å². The van der Waals surface area contributed by atoms with E-state index in [1.165, 1.54) is 11.0 Å². The van der Waals surface area contributed by atoms with E-state index >= 15 is 0 Å². The van der Waals surface area contributed by atoms with Crippen molar-refractivity contribution in [1.29, 1.82) is 0 Å². The third-order valence-corrected chi connectivity index (χ3v) is 3.23. The van der Waals surface area contributed by atoms with Crippen LogP contribution < -0.4 is 0 Å². The van der Waals surface area contributed by atoms with Crippen molar-refractivity contribution in [3.05, 3.63) is 35.4 Å². The molecule has 1 atom stereocenters. The molecule has 0 radical (unpaired) electrons. The molecule has 1 unspecified atom stereocenters. The fourth-order valence-electron chi connectivity index (χ4n) is 2.11. The number of hydrogen-bond acceptors (Lipinski definition) is 2. The first kappa shape index (κ1) is 13.5. The maximum Gasteiger partial charge on any atom is 0.307 e. The van der Waals surface area contributed by atoms with Crippen LogP contribution in [0.15, 0.2) is 18.2 Å². The average molecular weight is 269 g/mol. The molecule has 1 aliphatic rings. The number of carbonyl (C=O) groups excluding carboxylic acids is 1. The minimum absolute atomic E-state index is 0.0426. The van der Waals surface area contributed by atoms with Gasteiger partial charge in [0.05, 0.1) is 5.92 Å². The zero-order valence-corrected chi connectivity index (χ0v) is 10.1. The average Bonchev–Trinajstić information content (AvgIpc) is 2.36. The third kappa shape index (κ3) is 3.07. The monoisotopic (exact) mass is 269 g/mol. The molecule has 0 aliphatic carbocycles. The molecule has 1 aromatic rings. The third-order valence-electron chi connectivity index (χ3n) is 3.23. The van der Waals surface area contributed by atoms with Crippen molar-refractivity contribution < 1.29 is 23.5 Å². The first-order chi connectivity index (χ1) is 8.97. The van der Waals surface area contributed by atoms with Crippen LogP contribution in [0.3, 0.4) is 0 Å². The Bertz CT molecular complexity index is 519. The van der Waals surface area contributed by atoms with Crippen molar-refractivity contribution in [3.8, 4) is 0 Å². The Morgan fingerprint density at radius 1 is 1.37 bits per heavy atom. The Morgan fingerprint density at radius 2 is 2.11 bits per heavy atom. The molecule has 2 rings (SSSR count). The lowest BCUT2D eigenvalue weighted by atomic mass is 9.96. The summed E-state index contributed by atoms with van der Waals surface area (Å²) < 4.78 is 25.8. The van der Waals surface area contributed by atoms with Crippen LogP contribution in [0.2, 0.25) is 0 Å². The van der Waals surface area contributed by atoms with E-state index in [0.717, 1.165) is 12.1 Å². The van der Waals surface area contributed by atoms with E-state index in [4.69, 9.17) is 5.11 Å². The number of halogens is 2. The second kappa shape index (κ2) is 5.34. The van der Waals surface area contributed by atoms with Crippen LogP contribution in [0.4, 0.5) is 8.78 Å². The Labute approximate surface area is 108 Å². The summed E-state index contributed by atoms with van der Waals surface area (Å²) in [6, 6.07) is 3.47. The summed E-state index contributed by atoms with van der Waals surface area (Å²) in [5.41, 5.74) is 0.487. The van der Waals surface area contributed by atoms with Gasteiger partial charge in [-0.2, -0.15) is 0 Å². The number of rotatable bonds is 3. The van der Waals surface area contributed by atoms with Gasteiger partial charge in [-0.3, -0.25) is 9.59 Å². The van der Waals surface area contributed by atoms with Gasteiger partial charge in [-0.1, -0.05) is 6.07 Å². The van der Waals surface area contributed by atoms with Crippen LogP contribution in [0.1, 0.15) is 18.4 Å². The van der Waals surface area contributed by atoms with Crippen LogP contribution in [0, 0.1) is 17.6 Å². The minimum atomic E-state index is -0.971. The lowest BCUT2D eigenvalue weighted by Gasteiger charge is -2.30. The van der Waals surface area contributed by atoms with E-state index in [-0.39, 0.29) is 18.9 Å². The molecular formula is C13H13F2NO3. The van der Waals surface area contributed by atoms with Crippen LogP contribution >= 0.6 is 0 Å². The highest BCUT2D eigenvalue weighted by atomic mass is 19.2. The van der Waals surface area contributed by atoms with Crippen molar-refractivity contribution in [2.24, 2.45) is 5.92 Å². The summed E-state index contributed by atoms with van der Waals surface area (Å²) >= 11 is 0. The molecular weight excluding hydrogens is 256 g/mol. The lowest BCUT2D eigenvalue weighted by molar-refractivity contribution is -0.149. The quantitative estimate of drug-likeness (QED) is 0.910. The largest absolute Gasteiger partial charge is 0.481 e. The highest BCUT2D eigenvalue weighted by molar-refractivity contribution is 5.83. The smallest absolute Gasteiger partial charge is 0.307 e. The number of piperidine rings is 1. The van der Waals surface area contributed by atoms with E-state index in [2.05, 4.69) is 0 Å². The molecule has 4 nitrogen and oxygen atoms in total. The van der Waals surface area contributed by atoms with Gasteiger partial charge in [0.15, 0.2) is 11.6 Å². The minimum Gasteiger partial charge on any atom is -0.481 e. The molecule has 102 valence electrons. The van der Waals surface area contributed by atoms with Gasteiger partial charge < -0.3 is 10.0 Å². The Morgan fingerprint density at radius 3 is 2.68 bits per heavy atom. The van der Waals surface area contributed by atoms with E-state index in [1.54, 1.807) is 0 Å². The number of carboxylic acids is 1. The number of carboxylic acid groups (broad SMARTS) is 1. The van der Waals surface area contributed by atoms with Crippen molar-refractivity contribution in [2.75, 3.05) is 6.54 Å². The normalized spacial score (nSPS) is 19.6. The molecule has 1 heterocycles. The number of hydrogen-bond donors (Lipinski definition) is 1. The number of aliphatic carboxylic acids is 1. The molecule has 6 heteroatoms. The summed E-state index contributed by atoms with van der Waals surface area (Å²) in [7, 11) is 0. The number of likely N-dealkylation sites (tertiary alicyclic amines) is 1. The standard InChI is InChI=1S/C13H13F2NO3/c14-10-2-1-8(5-11(10)15)7-16-4-3-9(13(18)19)6-12(16)17/h1-2,5,9H,3-4,6-7H2,(H,18,19). The topological polar surface area (TPSA) is 57.6 Å². The molecule has 0 saturated carbocycles. The summed E-state index contributed by atoms with van der Waals surface area (Å²) in [4.78, 5) is 24.0. The van der Waals surface area contributed by atoms with E-state index in [1.807, 2.05) is 0 Å². The first-order valence-corrected chi connectivity index (χ1v) is 5.92. The van der Waals surface area contributed by atoms with E-state index in [0.29, 0.717) is 18.5 Å². The highest BCUT2D eigenvalue weighted by Crippen LogP contribution is 2.21. The molecule has 19 heavy (non-hydrogen) atoms. The van der Waals surface area contributed by atoms with Gasteiger partial charge in [-0.05, 0) is 24.1 Å². The highest BCUT2D eigenvalue weighted by Gasteiger charge is 2.30. The SMILES string of the molecule is O=C(O)C1CCN(Cc2ccc(F)c(F)c2)C(=O)C1. The number of amides is 1. The molecule has 1 aromatic carbocycles. The summed E-state index contributed by atoms with van der Waals surface area (Å²) in [5, 5.41) is 8.84. The van der Waals surface area contributed by atoms with Crippen molar-refractivity contribution in [2.45, 2.75) is 19.4 Å². The molecule has 1 saturated heterocycles. The predicted octanol–water partition coefficient (Wildman–Crippen LogP) is 1.79. The van der Waals surface area contributed by atoms with E-state index in [9.17, 15) is 18.4 Å². The number of benzene rings is 1. The maximum atomic E-state index is 13.0. The fourth-order valence-corrected chi connectivity index (χ4v) is 2.11. The van der Waals surface area contributed by atoms with Gasteiger partial charge in [0.1, 0.15) is 0 Å². The van der Waals surface area contributed by atoms with Gasteiger partial charge in [0, 0.05) is 19.5 Å². The molecule has 1 amide bonds. The summed E-state index contributed by atoms with van der Waals surface area (Å²) in [6.45, 7) is 0.483. The van der Waals surface area contributed by atoms with Crippen molar-refractivity contribution in [3.63, 3.8) is 0 Å². The molecule has 0 aromatic heterocycles. The zero-order valence-electron chi connectivity index (χ0n) is 10.1. The van der Waals surface area contributed by atoms with Crippen LogP contribution in [-0.4, -0.2) is 28.4 Å². The molecule has 1 fully saturated rings. The Balaban J connectivity index is 2.02. The van der Waals surface area contributed by atoms with Crippen molar-refractivity contribution in [1.82, 2.24) is 4.90 Å². The summed E-state index contributed by atoms with van der Waals surface area (Å²) in [6.07, 6.45) is 0.337. The zero-order chi connectivity index (χ0) is 14.0. The second-order valence-corrected chi connectivity index (χ2v) is 4.59. The molecule has 0 bridgehead atoms. The van der Waals surface area contributed by atoms with Crippen LogP contribution in [-0.2, 0) is 16.1 Å². The molecule has 1 aliphatic heterocycles. The predicted molar refractivity (Wildman–Crippen MR) is 62.1 cm³/mol. The second-order valence-electron chi connectivity index (χ2n) is 4.59. The van der Waals surface area contributed by atoms with Gasteiger partial charge in [-0.15, -0.1) is 0 Å². The van der Waals surface area contributed by atoms with E-state index < -0.39 is 23.5 Å². The Kier molecular flexibility index (Phi) is 3.78. The Hall–Kier alpha value is -1.98. The number of carbonyl (C=O) groups is 2. The van der Waals surface area contributed by atoms with Gasteiger partial charge >= 0.3 is 5.97 Å². The molecule has 1 N–H and O–H groups in total. The lowest BCUT2D eigenvalue weighted by Crippen LogP contribution is -2.40. The maximum absolute atomic E-state index is 13.0. The fraction of sp³-hybridized carbons (Fsp3) is 0.385. The number of nitrogens with zero attached hydrogens (tertiary/aromatic N) is 1. The summed E-state index contributed by atoms with van der Waals surface area (Å²) in [5.74, 6) is -3.78. The first-order valence-electron chi connectivity index (χ1n) is 5.92. The van der Waals surface area contributed by atoms with Gasteiger partial charge in [0.2, 0.25) is 5.91 Å². The van der Waals surface area contributed by atoms with Crippen molar-refractivity contribution >= 4 is 11.9 Å². The van der Waals surface area contributed by atoms with Gasteiger partial charge in [0.25, 0.3) is 0 Å². The van der Waals surface area contributed by atoms with Crippen LogP contribution in [0.25, 0.3) is 0 Å². The molecule has 0 spiro atoms. The van der Waals surface area contributed by atoms with Gasteiger partial charge in [-0.25, -0.2) is 8.78 Å².